The first-order valence-electron chi connectivity index (χ1n) is 12.2. The minimum Gasteiger partial charge on any atom is -0.351 e. The fourth-order valence-electron chi connectivity index (χ4n) is 3.42. The quantitative estimate of drug-likeness (QED) is 0.128. The maximum Gasteiger partial charge on any atom is 0.180 e. The molecule has 0 heterocycles. The van der Waals surface area contributed by atoms with Crippen molar-refractivity contribution in [2.75, 3.05) is 37.4 Å². The van der Waals surface area contributed by atoms with Crippen molar-refractivity contribution in [3.63, 3.8) is 0 Å². The minimum absolute atomic E-state index is 0.113. The summed E-state index contributed by atoms with van der Waals surface area (Å²) in [5, 5.41) is 0. The van der Waals surface area contributed by atoms with Crippen LogP contribution in [0.2, 0.25) is 0 Å². The summed E-state index contributed by atoms with van der Waals surface area (Å²) in [6.45, 7) is 7.53. The average Bonchev–Trinajstić information content (AvgIpc) is 2.63. The summed E-state index contributed by atoms with van der Waals surface area (Å²) in [4.78, 5) is 0. The van der Waals surface area contributed by atoms with Gasteiger partial charge in [0.05, 0.1) is 0 Å². The molecular formula is C24H54O3S2. The van der Waals surface area contributed by atoms with Gasteiger partial charge in [-0.1, -0.05) is 85.0 Å². The molecule has 0 aromatic heterocycles. The van der Waals surface area contributed by atoms with E-state index in [4.69, 9.17) is 12.5 Å². The van der Waals surface area contributed by atoms with Crippen molar-refractivity contribution in [3.8, 4) is 0 Å². The van der Waals surface area contributed by atoms with E-state index in [-0.39, 0.29) is 6.29 Å². The Balaban J connectivity index is 4.43. The Morgan fingerprint density at radius 1 is 0.621 bits per heavy atom. The third-order valence-electron chi connectivity index (χ3n) is 5.02. The van der Waals surface area contributed by atoms with E-state index in [0.29, 0.717) is 0 Å². The predicted molar refractivity (Wildman–Crippen MR) is 137 cm³/mol. The van der Waals surface area contributed by atoms with E-state index in [2.05, 4.69) is 45.8 Å². The van der Waals surface area contributed by atoms with Crippen LogP contribution >= 0.6 is 20.9 Å². The maximum absolute atomic E-state index is 6.60. The second kappa shape index (κ2) is 18.2. The Kier molecular flexibility index (Phi) is 18.5. The Morgan fingerprint density at radius 2 is 1.14 bits per heavy atom. The van der Waals surface area contributed by atoms with Crippen LogP contribution in [-0.4, -0.2) is 43.7 Å². The molecule has 180 valence electrons. The van der Waals surface area contributed by atoms with Gasteiger partial charge < -0.3 is 4.74 Å². The molecule has 0 spiro atoms. The largest absolute Gasteiger partial charge is 0.351 e. The lowest BCUT2D eigenvalue weighted by atomic mass is 10.1. The SMILES string of the molecule is CCCCCCCCS(C)(C)OS(C)(C)OC(CCCCCCC)OCCCC. The van der Waals surface area contributed by atoms with Gasteiger partial charge in [-0.15, -0.1) is 10.3 Å². The average molecular weight is 455 g/mol. The van der Waals surface area contributed by atoms with Gasteiger partial charge in [0, 0.05) is 31.3 Å². The summed E-state index contributed by atoms with van der Waals surface area (Å²) in [5.41, 5.74) is 0. The molecule has 3 nitrogen and oxygen atoms in total. The van der Waals surface area contributed by atoms with Gasteiger partial charge in [0.25, 0.3) is 0 Å². The van der Waals surface area contributed by atoms with Crippen molar-refractivity contribution in [3.05, 3.63) is 0 Å². The third-order valence-corrected chi connectivity index (χ3v) is 9.76. The molecule has 29 heavy (non-hydrogen) atoms. The van der Waals surface area contributed by atoms with Crippen LogP contribution < -0.4 is 0 Å². The van der Waals surface area contributed by atoms with Crippen molar-refractivity contribution in [1.82, 2.24) is 0 Å². The molecule has 0 saturated carbocycles. The second-order valence-electron chi connectivity index (χ2n) is 9.07. The highest BCUT2D eigenvalue weighted by Crippen LogP contribution is 2.59. The molecule has 0 rings (SSSR count). The van der Waals surface area contributed by atoms with Crippen molar-refractivity contribution < 1.29 is 12.5 Å². The summed E-state index contributed by atoms with van der Waals surface area (Å²) < 4.78 is 19.1. The molecule has 0 saturated heterocycles. The van der Waals surface area contributed by atoms with Crippen LogP contribution in [0.4, 0.5) is 0 Å². The van der Waals surface area contributed by atoms with E-state index in [9.17, 15) is 0 Å². The van der Waals surface area contributed by atoms with Crippen LogP contribution in [0.5, 0.6) is 0 Å². The first kappa shape index (κ1) is 29.6. The molecule has 0 aliphatic heterocycles. The van der Waals surface area contributed by atoms with Crippen molar-refractivity contribution >= 4 is 20.9 Å². The van der Waals surface area contributed by atoms with Gasteiger partial charge >= 0.3 is 0 Å². The number of hydrogen-bond acceptors (Lipinski definition) is 3. The molecule has 0 N–H and O–H groups in total. The summed E-state index contributed by atoms with van der Waals surface area (Å²) in [5.74, 6) is 1.18. The highest BCUT2D eigenvalue weighted by molar-refractivity contribution is 8.39. The van der Waals surface area contributed by atoms with Crippen molar-refractivity contribution in [1.29, 1.82) is 0 Å². The molecule has 0 aromatic carbocycles. The van der Waals surface area contributed by atoms with E-state index in [1.54, 1.807) is 0 Å². The molecule has 0 aromatic rings. The van der Waals surface area contributed by atoms with E-state index in [0.717, 1.165) is 25.9 Å². The van der Waals surface area contributed by atoms with Gasteiger partial charge in [0.15, 0.2) is 6.29 Å². The Hall–Kier alpha value is 0.580. The van der Waals surface area contributed by atoms with Crippen LogP contribution in [-0.2, 0) is 12.5 Å². The highest BCUT2D eigenvalue weighted by Gasteiger charge is 2.24. The number of ether oxygens (including phenoxy) is 1. The molecule has 0 aliphatic rings. The molecular weight excluding hydrogens is 400 g/mol. The van der Waals surface area contributed by atoms with Gasteiger partial charge in [-0.2, -0.15) is 10.6 Å². The van der Waals surface area contributed by atoms with E-state index >= 15 is 0 Å². The van der Waals surface area contributed by atoms with Gasteiger partial charge in [-0.25, -0.2) is 3.63 Å². The van der Waals surface area contributed by atoms with Crippen molar-refractivity contribution in [2.45, 2.75) is 117 Å². The van der Waals surface area contributed by atoms with Crippen LogP contribution in [0.25, 0.3) is 0 Å². The smallest absolute Gasteiger partial charge is 0.180 e. The van der Waals surface area contributed by atoms with E-state index in [1.165, 1.54) is 76.4 Å². The summed E-state index contributed by atoms with van der Waals surface area (Å²) in [6, 6.07) is 0. The van der Waals surface area contributed by atoms with Crippen LogP contribution in [0.15, 0.2) is 0 Å². The standard InChI is InChI=1S/C24H54O3S2/c1-8-11-14-16-18-20-23-28(4,5)27-29(6,7)26-24(25-22-13-10-3)21-19-17-15-12-9-2/h24H,8-23H2,1-7H3. The molecule has 1 unspecified atom stereocenters. The maximum atomic E-state index is 6.60. The third kappa shape index (κ3) is 19.0. The monoisotopic (exact) mass is 454 g/mol. The number of rotatable bonds is 21. The molecule has 1 atom stereocenters. The first-order chi connectivity index (χ1) is 13.8. The summed E-state index contributed by atoms with van der Waals surface area (Å²) >= 11 is 0. The van der Waals surface area contributed by atoms with E-state index in [1.807, 2.05) is 0 Å². The fraction of sp³-hybridized carbons (Fsp3) is 1.00. The minimum atomic E-state index is -1.56. The summed E-state index contributed by atoms with van der Waals surface area (Å²) in [6.07, 6.45) is 26.4. The van der Waals surface area contributed by atoms with Gasteiger partial charge in [0.2, 0.25) is 0 Å². The molecule has 0 radical (unpaired) electrons. The lowest BCUT2D eigenvalue weighted by molar-refractivity contribution is -0.0817. The zero-order chi connectivity index (χ0) is 22.0. The first-order valence-corrected chi connectivity index (χ1v) is 17.1. The van der Waals surface area contributed by atoms with Gasteiger partial charge in [-0.3, -0.25) is 4.18 Å². The van der Waals surface area contributed by atoms with Crippen LogP contribution in [0.3, 0.4) is 0 Å². The van der Waals surface area contributed by atoms with E-state index < -0.39 is 20.9 Å². The molecule has 0 fully saturated rings. The van der Waals surface area contributed by atoms with Crippen LogP contribution in [0.1, 0.15) is 111 Å². The second-order valence-corrected chi connectivity index (χ2v) is 15.4. The number of hydrogen-bond donors (Lipinski definition) is 0. The van der Waals surface area contributed by atoms with Crippen LogP contribution in [0, 0.1) is 0 Å². The zero-order valence-electron chi connectivity index (χ0n) is 20.9. The fourth-order valence-corrected chi connectivity index (χ4v) is 8.93. The van der Waals surface area contributed by atoms with Crippen molar-refractivity contribution in [2.24, 2.45) is 0 Å². The zero-order valence-corrected chi connectivity index (χ0v) is 22.6. The Bertz CT molecular complexity index is 362. The molecule has 0 aliphatic carbocycles. The highest BCUT2D eigenvalue weighted by atomic mass is 32.3. The van der Waals surface area contributed by atoms with Gasteiger partial charge in [0.1, 0.15) is 0 Å². The number of unbranched alkanes of at least 4 members (excludes halogenated alkanes) is 10. The molecule has 0 bridgehead atoms. The topological polar surface area (TPSA) is 27.7 Å². The summed E-state index contributed by atoms with van der Waals surface area (Å²) in [7, 11) is -2.64. The Morgan fingerprint density at radius 3 is 1.72 bits per heavy atom. The lowest BCUT2D eigenvalue weighted by Gasteiger charge is -2.46. The predicted octanol–water partition coefficient (Wildman–Crippen LogP) is 8.76. The molecule has 0 amide bonds. The lowest BCUT2D eigenvalue weighted by Crippen LogP contribution is -2.22. The molecule has 5 heteroatoms. The van der Waals surface area contributed by atoms with Gasteiger partial charge in [-0.05, 0) is 31.8 Å². The Labute approximate surface area is 187 Å². The normalized spacial score (nSPS) is 14.9.